The molecule has 0 bridgehead atoms. The number of carbonyl (C=O) groups excluding carboxylic acids is 1. The van der Waals surface area contributed by atoms with Crippen molar-refractivity contribution in [1.82, 2.24) is 0 Å². The molecular formula is C15H17ClN2O3. The zero-order valence-electron chi connectivity index (χ0n) is 11.4. The van der Waals surface area contributed by atoms with Gasteiger partial charge in [0.1, 0.15) is 24.0 Å². The fourth-order valence-electron chi connectivity index (χ4n) is 1.79. The fraction of sp³-hybridized carbons (Fsp3) is 0.200. The smallest absolute Gasteiger partial charge is 0.254 e. The quantitative estimate of drug-likeness (QED) is 0.580. The van der Waals surface area contributed by atoms with E-state index in [1.807, 2.05) is 30.3 Å². The third kappa shape index (κ3) is 5.41. The Morgan fingerprint density at radius 3 is 2.62 bits per heavy atom. The van der Waals surface area contributed by atoms with Crippen molar-refractivity contribution in [2.24, 2.45) is 5.73 Å². The lowest BCUT2D eigenvalue weighted by Crippen LogP contribution is -3.00. The van der Waals surface area contributed by atoms with Crippen LogP contribution in [0.2, 0.25) is 0 Å². The van der Waals surface area contributed by atoms with E-state index in [2.05, 4.69) is 0 Å². The molecule has 0 radical (unpaired) electrons. The summed E-state index contributed by atoms with van der Waals surface area (Å²) < 4.78 is 7.17. The summed E-state index contributed by atoms with van der Waals surface area (Å²) in [6.45, 7) is 0.506. The average Bonchev–Trinajstić information content (AvgIpc) is 2.46. The van der Waals surface area contributed by atoms with Crippen LogP contribution < -0.4 is 27.4 Å². The minimum Gasteiger partial charge on any atom is -1.00 e. The number of aromatic nitrogens is 1. The maximum Gasteiger partial charge on any atom is 0.254 e. The van der Waals surface area contributed by atoms with E-state index in [9.17, 15) is 9.90 Å². The number of carbonyl (C=O) groups is 1. The van der Waals surface area contributed by atoms with Crippen LogP contribution in [0.1, 0.15) is 10.4 Å². The molecule has 1 amide bonds. The van der Waals surface area contributed by atoms with Gasteiger partial charge in [0.2, 0.25) is 0 Å². The lowest BCUT2D eigenvalue weighted by molar-refractivity contribution is -0.703. The summed E-state index contributed by atoms with van der Waals surface area (Å²) in [7, 11) is 0. The highest BCUT2D eigenvalue weighted by Crippen LogP contribution is 2.08. The molecule has 3 N–H and O–H groups in total. The van der Waals surface area contributed by atoms with Crippen molar-refractivity contribution in [3.05, 3.63) is 60.4 Å². The molecule has 1 unspecified atom stereocenters. The van der Waals surface area contributed by atoms with Crippen molar-refractivity contribution in [3.8, 4) is 5.75 Å². The predicted molar refractivity (Wildman–Crippen MR) is 73.1 cm³/mol. The van der Waals surface area contributed by atoms with E-state index in [1.54, 1.807) is 29.1 Å². The van der Waals surface area contributed by atoms with Crippen molar-refractivity contribution in [2.75, 3.05) is 6.61 Å². The highest BCUT2D eigenvalue weighted by Gasteiger charge is 2.13. The summed E-state index contributed by atoms with van der Waals surface area (Å²) in [4.78, 5) is 11.1. The first kappa shape index (κ1) is 16.9. The number of aliphatic hydroxyl groups excluding tert-OH is 1. The van der Waals surface area contributed by atoms with E-state index < -0.39 is 12.0 Å². The topological polar surface area (TPSA) is 76.4 Å². The van der Waals surface area contributed by atoms with Gasteiger partial charge in [-0.3, -0.25) is 4.79 Å². The molecule has 1 aromatic heterocycles. The molecule has 0 saturated carbocycles. The number of amides is 1. The number of nitrogens with two attached hydrogens (primary N) is 1. The molecule has 0 fully saturated rings. The number of primary amides is 1. The molecule has 2 rings (SSSR count). The summed E-state index contributed by atoms with van der Waals surface area (Å²) in [6, 6.07) is 12.6. The Kier molecular flexibility index (Phi) is 6.65. The van der Waals surface area contributed by atoms with Crippen LogP contribution in [0, 0.1) is 0 Å². The molecule has 0 spiro atoms. The molecule has 112 valence electrons. The standard InChI is InChI=1S/C15H16N2O3.ClH/c16-15(19)12-5-4-8-17(9-12)10-13(18)11-20-14-6-2-1-3-7-14;/h1-9,13,18H,10-11H2,(H-,16,19);1H. The summed E-state index contributed by atoms with van der Waals surface area (Å²) >= 11 is 0. The van der Waals surface area contributed by atoms with E-state index in [0.717, 1.165) is 0 Å². The van der Waals surface area contributed by atoms with Crippen molar-refractivity contribution < 1.29 is 31.6 Å². The molecule has 1 aromatic carbocycles. The van der Waals surface area contributed by atoms with Gasteiger partial charge in [0, 0.05) is 6.07 Å². The first-order chi connectivity index (χ1) is 9.65. The first-order valence-electron chi connectivity index (χ1n) is 6.30. The number of aliphatic hydroxyl groups is 1. The van der Waals surface area contributed by atoms with Crippen LogP contribution in [0.4, 0.5) is 0 Å². The molecule has 6 heteroatoms. The van der Waals surface area contributed by atoms with Crippen LogP contribution in [0.5, 0.6) is 5.75 Å². The van der Waals surface area contributed by atoms with Gasteiger partial charge in [-0.15, -0.1) is 0 Å². The van der Waals surface area contributed by atoms with Gasteiger partial charge in [-0.25, -0.2) is 4.57 Å². The van der Waals surface area contributed by atoms with Gasteiger partial charge in [0.15, 0.2) is 18.9 Å². The Labute approximate surface area is 129 Å². The summed E-state index contributed by atoms with van der Waals surface area (Å²) in [6.07, 6.45) is 2.69. The number of hydrogen-bond acceptors (Lipinski definition) is 3. The van der Waals surface area contributed by atoms with Crippen molar-refractivity contribution in [2.45, 2.75) is 12.6 Å². The number of rotatable bonds is 6. The highest BCUT2D eigenvalue weighted by atomic mass is 35.5. The lowest BCUT2D eigenvalue weighted by atomic mass is 10.2. The van der Waals surface area contributed by atoms with Crippen molar-refractivity contribution in [1.29, 1.82) is 0 Å². The van der Waals surface area contributed by atoms with Crippen LogP contribution in [-0.4, -0.2) is 23.7 Å². The zero-order valence-corrected chi connectivity index (χ0v) is 12.1. The Balaban J connectivity index is 0.00000220. The highest BCUT2D eigenvalue weighted by molar-refractivity contribution is 5.92. The summed E-state index contributed by atoms with van der Waals surface area (Å²) in [5, 5.41) is 9.93. The average molecular weight is 309 g/mol. The monoisotopic (exact) mass is 308 g/mol. The lowest BCUT2D eigenvalue weighted by Gasteiger charge is -2.10. The van der Waals surface area contributed by atoms with Crippen LogP contribution in [-0.2, 0) is 6.54 Å². The van der Waals surface area contributed by atoms with Gasteiger partial charge in [0.25, 0.3) is 5.91 Å². The summed E-state index contributed by atoms with van der Waals surface area (Å²) in [5.74, 6) is 0.219. The molecular weight excluding hydrogens is 292 g/mol. The number of pyridine rings is 1. The van der Waals surface area contributed by atoms with Gasteiger partial charge in [-0.1, -0.05) is 18.2 Å². The van der Waals surface area contributed by atoms with Gasteiger partial charge >= 0.3 is 0 Å². The molecule has 0 saturated heterocycles. The molecule has 5 nitrogen and oxygen atoms in total. The molecule has 2 aromatic rings. The van der Waals surface area contributed by atoms with Crippen molar-refractivity contribution >= 4 is 5.91 Å². The molecule has 1 heterocycles. The number of halogens is 1. The second-order valence-electron chi connectivity index (χ2n) is 4.43. The summed E-state index contributed by atoms with van der Waals surface area (Å²) in [5.41, 5.74) is 5.61. The largest absolute Gasteiger partial charge is 1.00 e. The maximum atomic E-state index is 11.1. The van der Waals surface area contributed by atoms with Gasteiger partial charge in [-0.2, -0.15) is 0 Å². The Morgan fingerprint density at radius 1 is 1.24 bits per heavy atom. The Bertz CT molecular complexity index is 578. The molecule has 1 atom stereocenters. The van der Waals surface area contributed by atoms with Crippen LogP contribution in [0.15, 0.2) is 54.9 Å². The van der Waals surface area contributed by atoms with E-state index in [4.69, 9.17) is 10.5 Å². The zero-order chi connectivity index (χ0) is 14.4. The van der Waals surface area contributed by atoms with Crippen LogP contribution in [0.3, 0.4) is 0 Å². The first-order valence-corrected chi connectivity index (χ1v) is 6.30. The third-order valence-electron chi connectivity index (χ3n) is 2.75. The minimum atomic E-state index is -0.677. The maximum absolute atomic E-state index is 11.1. The van der Waals surface area contributed by atoms with Crippen LogP contribution in [0.25, 0.3) is 0 Å². The third-order valence-corrected chi connectivity index (χ3v) is 2.75. The predicted octanol–water partition coefficient (Wildman–Crippen LogP) is -2.48. The second kappa shape index (κ2) is 8.24. The molecule has 21 heavy (non-hydrogen) atoms. The van der Waals surface area contributed by atoms with Gasteiger partial charge in [0.05, 0.1) is 0 Å². The fourth-order valence-corrected chi connectivity index (χ4v) is 1.79. The van der Waals surface area contributed by atoms with Crippen LogP contribution >= 0.6 is 0 Å². The number of benzene rings is 1. The number of ether oxygens (including phenoxy) is 1. The SMILES string of the molecule is NC(=O)c1ccc[n+](CC(O)COc2ccccc2)c1.[Cl-]. The van der Waals surface area contributed by atoms with E-state index in [1.165, 1.54) is 0 Å². The number of para-hydroxylation sites is 1. The number of hydrogen-bond donors (Lipinski definition) is 2. The van der Waals surface area contributed by atoms with Gasteiger partial charge in [-0.05, 0) is 18.2 Å². The molecule has 0 aliphatic carbocycles. The van der Waals surface area contributed by atoms with E-state index in [-0.39, 0.29) is 19.0 Å². The number of nitrogens with zero attached hydrogens (tertiary/aromatic N) is 1. The van der Waals surface area contributed by atoms with Crippen molar-refractivity contribution in [3.63, 3.8) is 0 Å². The molecule has 0 aliphatic heterocycles. The molecule has 0 aliphatic rings. The van der Waals surface area contributed by atoms with E-state index in [0.29, 0.717) is 17.9 Å². The normalized spacial score (nSPS) is 11.3. The van der Waals surface area contributed by atoms with Gasteiger partial charge < -0.3 is 28.0 Å². The Hall–Kier alpha value is -2.11. The Morgan fingerprint density at radius 2 is 1.95 bits per heavy atom. The minimum absolute atomic E-state index is 0. The second-order valence-corrected chi connectivity index (χ2v) is 4.43. The van der Waals surface area contributed by atoms with E-state index >= 15 is 0 Å².